The van der Waals surface area contributed by atoms with Crippen LogP contribution >= 0.6 is 0 Å². The predicted molar refractivity (Wildman–Crippen MR) is 112 cm³/mol. The zero-order valence-electron chi connectivity index (χ0n) is 17.0. The van der Waals surface area contributed by atoms with Gasteiger partial charge in [-0.1, -0.05) is 0 Å². The monoisotopic (exact) mass is 387 g/mol. The lowest BCUT2D eigenvalue weighted by Gasteiger charge is -2.19. The quantitative estimate of drug-likeness (QED) is 0.607. The maximum Gasteiger partial charge on any atom is 0.412 e. The molecule has 0 radical (unpaired) electrons. The van der Waals surface area contributed by atoms with Gasteiger partial charge in [0, 0.05) is 37.2 Å². The highest BCUT2D eigenvalue weighted by Gasteiger charge is 2.18. The second kappa shape index (κ2) is 8.79. The molecule has 2 rings (SSSR count). The van der Waals surface area contributed by atoms with Crippen molar-refractivity contribution in [1.29, 1.82) is 0 Å². The van der Waals surface area contributed by atoms with Crippen LogP contribution in [0, 0.1) is 0 Å². The Labute approximate surface area is 165 Å². The number of hydrogen-bond acceptors (Lipinski definition) is 5. The second-order valence-electron chi connectivity index (χ2n) is 7.74. The molecule has 8 heteroatoms. The van der Waals surface area contributed by atoms with E-state index in [1.54, 1.807) is 44.6 Å². The Morgan fingerprint density at radius 1 is 1.11 bits per heavy atom. The summed E-state index contributed by atoms with van der Waals surface area (Å²) in [5.74, 6) is -0.281. The van der Waals surface area contributed by atoms with Gasteiger partial charge in [-0.15, -0.1) is 0 Å². The summed E-state index contributed by atoms with van der Waals surface area (Å²) >= 11 is 0. The minimum absolute atomic E-state index is 0.0557. The molecule has 8 nitrogen and oxygen atoms in total. The molecule has 2 amide bonds. The fraction of sp³-hybridized carbons (Fsp3) is 0.400. The van der Waals surface area contributed by atoms with Crippen LogP contribution in [-0.4, -0.2) is 34.8 Å². The molecule has 0 saturated carbocycles. The molecule has 2 aromatic rings. The van der Waals surface area contributed by atoms with Crippen LogP contribution in [0.15, 0.2) is 36.5 Å². The molecule has 0 unspecified atom stereocenters. The number of carbonyl (C=O) groups excluding carboxylic acids is 2. The summed E-state index contributed by atoms with van der Waals surface area (Å²) in [5, 5.41) is 8.68. The molecule has 0 fully saturated rings. The highest BCUT2D eigenvalue weighted by atomic mass is 16.6. The number of hydrogen-bond donors (Lipinski definition) is 4. The van der Waals surface area contributed by atoms with Crippen molar-refractivity contribution < 1.29 is 14.3 Å². The molecule has 0 bridgehead atoms. The number of amides is 2. The summed E-state index contributed by atoms with van der Waals surface area (Å²) in [6, 6.07) is 9.02. The number of ether oxygens (including phenoxy) is 1. The van der Waals surface area contributed by atoms with Crippen LogP contribution in [0.25, 0.3) is 0 Å². The largest absolute Gasteiger partial charge is 0.444 e. The average molecular weight is 387 g/mol. The van der Waals surface area contributed by atoms with E-state index in [4.69, 9.17) is 10.5 Å². The molecule has 1 atom stereocenters. The van der Waals surface area contributed by atoms with Gasteiger partial charge in [0.05, 0.1) is 5.69 Å². The van der Waals surface area contributed by atoms with Gasteiger partial charge in [0.1, 0.15) is 11.3 Å². The summed E-state index contributed by atoms with van der Waals surface area (Å²) in [6.45, 7) is 7.95. The fourth-order valence-electron chi connectivity index (χ4n) is 2.43. The van der Waals surface area contributed by atoms with Crippen LogP contribution < -0.4 is 21.7 Å². The smallest absolute Gasteiger partial charge is 0.412 e. The molecule has 1 aromatic carbocycles. The van der Waals surface area contributed by atoms with Crippen molar-refractivity contribution in [3.63, 3.8) is 0 Å². The number of nitrogens with one attached hydrogen (secondary N) is 3. The Kier molecular flexibility index (Phi) is 6.69. The highest BCUT2D eigenvalue weighted by molar-refractivity contribution is 6.04. The lowest BCUT2D eigenvalue weighted by atomic mass is 10.2. The van der Waals surface area contributed by atoms with Crippen LogP contribution in [0.3, 0.4) is 0 Å². The third kappa shape index (κ3) is 6.62. The standard InChI is InChI=1S/C20H29N5O3/c1-13(21)11-22-14-6-8-15(9-7-14)23-18(26)17-10-16(12-25(17)5)24-19(27)28-20(2,3)4/h6-10,12-13,22H,11,21H2,1-5H3,(H,23,26)(H,24,27)/t13-/m0/s1. The van der Waals surface area contributed by atoms with E-state index in [9.17, 15) is 9.59 Å². The molecule has 5 N–H and O–H groups in total. The van der Waals surface area contributed by atoms with E-state index in [1.807, 2.05) is 31.2 Å². The first-order chi connectivity index (χ1) is 13.0. The Balaban J connectivity index is 1.99. The Hall–Kier alpha value is -3.00. The van der Waals surface area contributed by atoms with Crippen molar-refractivity contribution >= 4 is 29.1 Å². The van der Waals surface area contributed by atoms with Gasteiger partial charge < -0.3 is 25.7 Å². The molecule has 0 saturated heterocycles. The number of aryl methyl sites for hydroxylation is 1. The molecule has 1 aromatic heterocycles. The molecular formula is C20H29N5O3. The molecule has 152 valence electrons. The number of benzene rings is 1. The van der Waals surface area contributed by atoms with E-state index < -0.39 is 11.7 Å². The first-order valence-electron chi connectivity index (χ1n) is 9.11. The van der Waals surface area contributed by atoms with E-state index >= 15 is 0 Å². The van der Waals surface area contributed by atoms with Crippen LogP contribution in [-0.2, 0) is 11.8 Å². The number of rotatable bonds is 6. The van der Waals surface area contributed by atoms with Gasteiger partial charge in [0.2, 0.25) is 0 Å². The second-order valence-corrected chi connectivity index (χ2v) is 7.74. The summed E-state index contributed by atoms with van der Waals surface area (Å²) in [6.07, 6.45) is 1.08. The van der Waals surface area contributed by atoms with Crippen molar-refractivity contribution in [3.8, 4) is 0 Å². The fourth-order valence-corrected chi connectivity index (χ4v) is 2.43. The number of aromatic nitrogens is 1. The van der Waals surface area contributed by atoms with Gasteiger partial charge in [-0.2, -0.15) is 0 Å². The minimum atomic E-state index is -0.595. The van der Waals surface area contributed by atoms with Gasteiger partial charge in [-0.05, 0) is 58.0 Å². The summed E-state index contributed by atoms with van der Waals surface area (Å²) in [7, 11) is 1.73. The van der Waals surface area contributed by atoms with E-state index in [2.05, 4.69) is 16.0 Å². The first-order valence-corrected chi connectivity index (χ1v) is 9.11. The average Bonchev–Trinajstić information content (AvgIpc) is 2.92. The molecule has 28 heavy (non-hydrogen) atoms. The Morgan fingerprint density at radius 2 is 1.71 bits per heavy atom. The number of carbonyl (C=O) groups is 2. The summed E-state index contributed by atoms with van der Waals surface area (Å²) < 4.78 is 6.86. The van der Waals surface area contributed by atoms with Crippen molar-refractivity contribution in [3.05, 3.63) is 42.2 Å². The topological polar surface area (TPSA) is 110 Å². The maximum atomic E-state index is 12.6. The third-order valence-corrected chi connectivity index (χ3v) is 3.65. The number of anilines is 3. The normalized spacial score (nSPS) is 12.2. The van der Waals surface area contributed by atoms with Crippen LogP contribution in [0.4, 0.5) is 21.9 Å². The lowest BCUT2D eigenvalue weighted by molar-refractivity contribution is 0.0635. The number of nitrogens with zero attached hydrogens (tertiary/aromatic N) is 1. The van der Waals surface area contributed by atoms with E-state index in [0.717, 1.165) is 5.69 Å². The summed E-state index contributed by atoms with van der Waals surface area (Å²) in [4.78, 5) is 24.4. The van der Waals surface area contributed by atoms with Crippen LogP contribution in [0.5, 0.6) is 0 Å². The Morgan fingerprint density at radius 3 is 2.29 bits per heavy atom. The predicted octanol–water partition coefficient (Wildman–Crippen LogP) is 3.38. The highest BCUT2D eigenvalue weighted by Crippen LogP contribution is 2.18. The Bertz CT molecular complexity index is 819. The van der Waals surface area contributed by atoms with E-state index in [0.29, 0.717) is 23.6 Å². The van der Waals surface area contributed by atoms with Gasteiger partial charge in [0.25, 0.3) is 5.91 Å². The van der Waals surface area contributed by atoms with Crippen molar-refractivity contribution in [2.75, 3.05) is 22.5 Å². The van der Waals surface area contributed by atoms with E-state index in [1.165, 1.54) is 0 Å². The lowest BCUT2D eigenvalue weighted by Crippen LogP contribution is -2.27. The third-order valence-electron chi connectivity index (χ3n) is 3.65. The molecule has 1 heterocycles. The minimum Gasteiger partial charge on any atom is -0.444 e. The van der Waals surface area contributed by atoms with Gasteiger partial charge >= 0.3 is 6.09 Å². The molecule has 0 spiro atoms. The summed E-state index contributed by atoms with van der Waals surface area (Å²) in [5.41, 5.74) is 7.61. The van der Waals surface area contributed by atoms with Gasteiger partial charge in [-0.25, -0.2) is 4.79 Å². The van der Waals surface area contributed by atoms with Gasteiger partial charge in [-0.3, -0.25) is 10.1 Å². The SMILES string of the molecule is C[C@H](N)CNc1ccc(NC(=O)c2cc(NC(=O)OC(C)(C)C)cn2C)cc1. The van der Waals surface area contributed by atoms with E-state index in [-0.39, 0.29) is 11.9 Å². The molecule has 0 aliphatic carbocycles. The molecule has 0 aliphatic rings. The zero-order valence-corrected chi connectivity index (χ0v) is 17.0. The number of nitrogens with two attached hydrogens (primary N) is 1. The van der Waals surface area contributed by atoms with Crippen molar-refractivity contribution in [2.24, 2.45) is 12.8 Å². The van der Waals surface area contributed by atoms with Gasteiger partial charge in [0.15, 0.2) is 0 Å². The molecular weight excluding hydrogens is 358 g/mol. The van der Waals surface area contributed by atoms with Crippen molar-refractivity contribution in [2.45, 2.75) is 39.3 Å². The van der Waals surface area contributed by atoms with Crippen LogP contribution in [0.2, 0.25) is 0 Å². The van der Waals surface area contributed by atoms with Crippen molar-refractivity contribution in [1.82, 2.24) is 4.57 Å². The first kappa shape index (κ1) is 21.3. The zero-order chi connectivity index (χ0) is 20.9. The molecule has 0 aliphatic heterocycles. The maximum absolute atomic E-state index is 12.6. The van der Waals surface area contributed by atoms with Crippen LogP contribution in [0.1, 0.15) is 38.2 Å².